The molecule has 0 atom stereocenters. The van der Waals surface area contributed by atoms with E-state index >= 15 is 0 Å². The Hall–Kier alpha value is -1.75. The van der Waals surface area contributed by atoms with Gasteiger partial charge in [0, 0.05) is 35.0 Å². The molecule has 3 N–H and O–H groups in total. The van der Waals surface area contributed by atoms with Crippen LogP contribution in [-0.4, -0.2) is 19.6 Å². The number of ether oxygens (including phenoxy) is 1. The normalized spacial score (nSPS) is 11.5. The van der Waals surface area contributed by atoms with Crippen LogP contribution in [0.15, 0.2) is 47.5 Å². The number of halogens is 2. The summed E-state index contributed by atoms with van der Waals surface area (Å²) in [5, 5.41) is 4.34. The van der Waals surface area contributed by atoms with Crippen LogP contribution in [0.1, 0.15) is 11.1 Å². The molecule has 23 heavy (non-hydrogen) atoms. The highest BCUT2D eigenvalue weighted by atomic mass is 35.5. The molecule has 0 heterocycles. The number of anilines is 1. The van der Waals surface area contributed by atoms with E-state index in [4.69, 9.17) is 33.7 Å². The van der Waals surface area contributed by atoms with Crippen molar-refractivity contribution in [2.75, 3.05) is 19.0 Å². The van der Waals surface area contributed by atoms with Crippen molar-refractivity contribution in [2.24, 2.45) is 10.7 Å². The Bertz CT molecular complexity index is 669. The Morgan fingerprint density at radius 3 is 2.57 bits per heavy atom. The second kappa shape index (κ2) is 8.77. The molecule has 2 aromatic rings. The molecular formula is C17H19Cl2N3O. The van der Waals surface area contributed by atoms with Crippen LogP contribution in [0.3, 0.4) is 0 Å². The highest BCUT2D eigenvalue weighted by Gasteiger charge is 2.03. The largest absolute Gasteiger partial charge is 0.380 e. The van der Waals surface area contributed by atoms with Gasteiger partial charge in [0.1, 0.15) is 0 Å². The molecule has 0 amide bonds. The summed E-state index contributed by atoms with van der Waals surface area (Å²) in [5.74, 6) is 0.363. The van der Waals surface area contributed by atoms with Crippen LogP contribution in [-0.2, 0) is 17.8 Å². The molecule has 0 bridgehead atoms. The molecule has 0 unspecified atom stereocenters. The van der Waals surface area contributed by atoms with Crippen LogP contribution < -0.4 is 11.1 Å². The van der Waals surface area contributed by atoms with Gasteiger partial charge in [-0.15, -0.1) is 0 Å². The Labute approximate surface area is 146 Å². The summed E-state index contributed by atoms with van der Waals surface area (Å²) in [6.45, 7) is 1.05. The Morgan fingerprint density at radius 1 is 1.17 bits per heavy atom. The van der Waals surface area contributed by atoms with Crippen LogP contribution in [0.4, 0.5) is 5.69 Å². The molecule has 0 saturated carbocycles. The van der Waals surface area contributed by atoms with E-state index in [-0.39, 0.29) is 0 Å². The molecule has 0 aliphatic heterocycles. The van der Waals surface area contributed by atoms with Gasteiger partial charge in [0.05, 0.1) is 6.61 Å². The van der Waals surface area contributed by atoms with E-state index in [9.17, 15) is 0 Å². The lowest BCUT2D eigenvalue weighted by atomic mass is 10.1. The molecule has 6 heteroatoms. The Morgan fingerprint density at radius 2 is 1.87 bits per heavy atom. The summed E-state index contributed by atoms with van der Waals surface area (Å²) in [5.41, 5.74) is 8.88. The van der Waals surface area contributed by atoms with Crippen molar-refractivity contribution in [1.82, 2.24) is 0 Å². The number of nitrogens with zero attached hydrogens (tertiary/aromatic N) is 1. The summed E-state index contributed by atoms with van der Waals surface area (Å²) < 4.78 is 5.17. The first kappa shape index (κ1) is 17.6. The van der Waals surface area contributed by atoms with Crippen molar-refractivity contribution >= 4 is 34.8 Å². The molecule has 2 rings (SSSR count). The first-order valence-electron chi connectivity index (χ1n) is 7.17. The van der Waals surface area contributed by atoms with E-state index in [1.807, 2.05) is 36.4 Å². The van der Waals surface area contributed by atoms with Gasteiger partial charge in [0.15, 0.2) is 5.96 Å². The summed E-state index contributed by atoms with van der Waals surface area (Å²) in [6, 6.07) is 13.3. The van der Waals surface area contributed by atoms with Gasteiger partial charge in [0.2, 0.25) is 0 Å². The number of methoxy groups -OCH3 is 1. The first-order chi connectivity index (χ1) is 11.1. The quantitative estimate of drug-likeness (QED) is 0.608. The van der Waals surface area contributed by atoms with Gasteiger partial charge >= 0.3 is 0 Å². The third kappa shape index (κ3) is 5.75. The SMILES string of the molecule is COCc1ccccc1NC(N)=NCCc1cc(Cl)cc(Cl)c1. The van der Waals surface area contributed by atoms with E-state index < -0.39 is 0 Å². The molecule has 0 aliphatic rings. The maximum atomic E-state index is 5.98. The fourth-order valence-electron chi connectivity index (χ4n) is 2.16. The molecule has 0 saturated heterocycles. The van der Waals surface area contributed by atoms with Crippen LogP contribution in [0.2, 0.25) is 10.0 Å². The van der Waals surface area contributed by atoms with Crippen molar-refractivity contribution in [3.8, 4) is 0 Å². The van der Waals surface area contributed by atoms with Crippen molar-refractivity contribution < 1.29 is 4.74 Å². The maximum Gasteiger partial charge on any atom is 0.193 e. The lowest BCUT2D eigenvalue weighted by molar-refractivity contribution is 0.185. The number of nitrogens with two attached hydrogens (primary N) is 1. The summed E-state index contributed by atoms with van der Waals surface area (Å²) in [4.78, 5) is 4.33. The molecule has 0 aromatic heterocycles. The van der Waals surface area contributed by atoms with Crippen molar-refractivity contribution in [3.63, 3.8) is 0 Å². The molecule has 0 spiro atoms. The van der Waals surface area contributed by atoms with Crippen LogP contribution >= 0.6 is 23.2 Å². The Balaban J connectivity index is 1.95. The molecule has 0 aliphatic carbocycles. The number of benzene rings is 2. The molecule has 122 valence electrons. The van der Waals surface area contributed by atoms with Crippen molar-refractivity contribution in [1.29, 1.82) is 0 Å². The first-order valence-corrected chi connectivity index (χ1v) is 7.93. The number of rotatable bonds is 6. The van der Waals surface area contributed by atoms with Crippen LogP contribution in [0.5, 0.6) is 0 Å². The van der Waals surface area contributed by atoms with Gasteiger partial charge in [0.25, 0.3) is 0 Å². The zero-order valence-corrected chi connectivity index (χ0v) is 14.4. The minimum Gasteiger partial charge on any atom is -0.380 e. The molecule has 0 radical (unpaired) electrons. The fraction of sp³-hybridized carbons (Fsp3) is 0.235. The van der Waals surface area contributed by atoms with Crippen molar-refractivity contribution in [3.05, 3.63) is 63.6 Å². The zero-order valence-electron chi connectivity index (χ0n) is 12.9. The van der Waals surface area contributed by atoms with Gasteiger partial charge in [-0.2, -0.15) is 0 Å². The lowest BCUT2D eigenvalue weighted by Gasteiger charge is -2.10. The zero-order chi connectivity index (χ0) is 16.7. The van der Waals surface area contributed by atoms with E-state index in [2.05, 4.69) is 10.3 Å². The number of aliphatic imine (C=N–C) groups is 1. The highest BCUT2D eigenvalue weighted by Crippen LogP contribution is 2.19. The second-order valence-corrected chi connectivity index (χ2v) is 5.88. The standard InChI is InChI=1S/C17H19Cl2N3O/c1-23-11-13-4-2-3-5-16(13)22-17(20)21-7-6-12-8-14(18)10-15(19)9-12/h2-5,8-10H,6-7,11H2,1H3,(H3,20,21,22). The third-order valence-electron chi connectivity index (χ3n) is 3.18. The minimum absolute atomic E-state index is 0.363. The number of hydrogen-bond acceptors (Lipinski definition) is 2. The van der Waals surface area contributed by atoms with Gasteiger partial charge in [-0.05, 0) is 36.2 Å². The summed E-state index contributed by atoms with van der Waals surface area (Å²) in [7, 11) is 1.66. The van der Waals surface area contributed by atoms with Gasteiger partial charge in [-0.1, -0.05) is 41.4 Å². The predicted molar refractivity (Wildman–Crippen MR) is 97.4 cm³/mol. The summed E-state index contributed by atoms with van der Waals surface area (Å²) >= 11 is 12.0. The number of nitrogens with one attached hydrogen (secondary N) is 1. The van der Waals surface area contributed by atoms with Crippen molar-refractivity contribution in [2.45, 2.75) is 13.0 Å². The fourth-order valence-corrected chi connectivity index (χ4v) is 2.73. The maximum absolute atomic E-state index is 5.98. The van der Waals surface area contributed by atoms with E-state index in [1.54, 1.807) is 13.2 Å². The number of guanidine groups is 1. The van der Waals surface area contributed by atoms with Gasteiger partial charge < -0.3 is 15.8 Å². The Kier molecular flexibility index (Phi) is 6.71. The van der Waals surface area contributed by atoms with E-state index in [0.717, 1.165) is 16.8 Å². The minimum atomic E-state index is 0.363. The van der Waals surface area contributed by atoms with Crippen LogP contribution in [0.25, 0.3) is 0 Å². The number of para-hydroxylation sites is 1. The highest BCUT2D eigenvalue weighted by molar-refractivity contribution is 6.34. The topological polar surface area (TPSA) is 59.6 Å². The summed E-state index contributed by atoms with van der Waals surface area (Å²) in [6.07, 6.45) is 0.711. The third-order valence-corrected chi connectivity index (χ3v) is 3.62. The average molecular weight is 352 g/mol. The van der Waals surface area contributed by atoms with Gasteiger partial charge in [-0.25, -0.2) is 0 Å². The smallest absolute Gasteiger partial charge is 0.193 e. The molecule has 4 nitrogen and oxygen atoms in total. The second-order valence-electron chi connectivity index (χ2n) is 5.01. The van der Waals surface area contributed by atoms with Crippen LogP contribution in [0, 0.1) is 0 Å². The molecular weight excluding hydrogens is 333 g/mol. The monoisotopic (exact) mass is 351 g/mol. The van der Waals surface area contributed by atoms with E-state index in [0.29, 0.717) is 35.6 Å². The molecule has 2 aromatic carbocycles. The van der Waals surface area contributed by atoms with E-state index in [1.165, 1.54) is 0 Å². The average Bonchev–Trinajstić information content (AvgIpc) is 2.48. The predicted octanol–water partition coefficient (Wildman–Crippen LogP) is 4.11. The lowest BCUT2D eigenvalue weighted by Crippen LogP contribution is -2.23. The molecule has 0 fully saturated rings. The number of hydrogen-bond donors (Lipinski definition) is 2. The van der Waals surface area contributed by atoms with Gasteiger partial charge in [-0.3, -0.25) is 4.99 Å².